The lowest BCUT2D eigenvalue weighted by Crippen LogP contribution is -2.44. The Labute approximate surface area is 178 Å². The van der Waals surface area contributed by atoms with Gasteiger partial charge in [-0.1, -0.05) is 58.9 Å². The van der Waals surface area contributed by atoms with Crippen LogP contribution in [0.2, 0.25) is 0 Å². The Morgan fingerprint density at radius 1 is 1.17 bits per heavy atom. The Morgan fingerprint density at radius 3 is 2.55 bits per heavy atom. The van der Waals surface area contributed by atoms with E-state index >= 15 is 0 Å². The normalized spacial score (nSPS) is 17.2. The third-order valence-corrected chi connectivity index (χ3v) is 6.22. The number of hydrogen-bond acceptors (Lipinski definition) is 4. The molecule has 0 saturated heterocycles. The zero-order chi connectivity index (χ0) is 21.3. The van der Waals surface area contributed by atoms with Crippen LogP contribution in [0.25, 0.3) is 0 Å². The zero-order valence-corrected chi connectivity index (χ0v) is 19.1. The topological polar surface area (TPSA) is 64.7 Å². The molecule has 0 bridgehead atoms. The van der Waals surface area contributed by atoms with Crippen LogP contribution in [-0.2, 0) is 6.42 Å². The first kappa shape index (κ1) is 24.0. The second kappa shape index (κ2) is 11.8. The van der Waals surface area contributed by atoms with Gasteiger partial charge in [-0.25, -0.2) is 0 Å². The van der Waals surface area contributed by atoms with Crippen molar-refractivity contribution in [3.8, 4) is 11.5 Å². The average molecular weight is 406 g/mol. The molecule has 166 valence electrons. The van der Waals surface area contributed by atoms with Crippen molar-refractivity contribution in [3.05, 3.63) is 23.8 Å². The van der Waals surface area contributed by atoms with Gasteiger partial charge in [-0.3, -0.25) is 0 Å². The molecule has 0 spiro atoms. The number of benzene rings is 1. The van der Waals surface area contributed by atoms with Crippen LogP contribution in [0.15, 0.2) is 18.2 Å². The van der Waals surface area contributed by atoms with Crippen molar-refractivity contribution in [1.82, 2.24) is 0 Å². The van der Waals surface area contributed by atoms with Crippen LogP contribution in [0, 0.1) is 17.8 Å². The lowest BCUT2D eigenvalue weighted by molar-refractivity contribution is 0.172. The quantitative estimate of drug-likeness (QED) is 0.413. The first-order chi connectivity index (χ1) is 13.8. The van der Waals surface area contributed by atoms with Gasteiger partial charge < -0.3 is 20.3 Å². The minimum Gasteiger partial charge on any atom is -0.496 e. The zero-order valence-electron chi connectivity index (χ0n) is 19.1. The molecule has 29 heavy (non-hydrogen) atoms. The summed E-state index contributed by atoms with van der Waals surface area (Å²) < 4.78 is 11.6. The first-order valence-corrected chi connectivity index (χ1v) is 11.5. The van der Waals surface area contributed by atoms with E-state index in [9.17, 15) is 5.11 Å². The summed E-state index contributed by atoms with van der Waals surface area (Å²) in [5.74, 6) is 3.90. The van der Waals surface area contributed by atoms with Gasteiger partial charge in [0, 0.05) is 11.6 Å². The molecule has 4 nitrogen and oxygen atoms in total. The highest BCUT2D eigenvalue weighted by Gasteiger charge is 2.33. The van der Waals surface area contributed by atoms with Gasteiger partial charge in [0.05, 0.1) is 20.3 Å². The Hall–Kier alpha value is -1.26. The van der Waals surface area contributed by atoms with E-state index in [-0.39, 0.29) is 6.61 Å². The Balaban J connectivity index is 1.79. The van der Waals surface area contributed by atoms with E-state index in [0.717, 1.165) is 55.3 Å². The van der Waals surface area contributed by atoms with E-state index < -0.39 is 5.54 Å². The maximum absolute atomic E-state index is 9.76. The van der Waals surface area contributed by atoms with E-state index in [1.807, 2.05) is 12.1 Å². The summed E-state index contributed by atoms with van der Waals surface area (Å²) >= 11 is 0. The third-order valence-electron chi connectivity index (χ3n) is 6.22. The molecule has 0 amide bonds. The second-order valence-corrected chi connectivity index (χ2v) is 9.71. The summed E-state index contributed by atoms with van der Waals surface area (Å²) in [6.07, 6.45) is 9.97. The van der Waals surface area contributed by atoms with E-state index in [1.165, 1.54) is 32.1 Å². The number of nitrogens with two attached hydrogens (primary N) is 1. The summed E-state index contributed by atoms with van der Waals surface area (Å²) in [7, 11) is 1.70. The fraction of sp³-hybridized carbons (Fsp3) is 0.760. The molecule has 2 atom stereocenters. The molecule has 3 N–H and O–H groups in total. The molecule has 1 aliphatic rings. The molecule has 1 aromatic carbocycles. The van der Waals surface area contributed by atoms with Gasteiger partial charge >= 0.3 is 0 Å². The van der Waals surface area contributed by atoms with Crippen LogP contribution >= 0.6 is 0 Å². The van der Waals surface area contributed by atoms with Gasteiger partial charge in [0.1, 0.15) is 11.5 Å². The highest BCUT2D eigenvalue weighted by Crippen LogP contribution is 2.37. The van der Waals surface area contributed by atoms with Crippen molar-refractivity contribution in [3.63, 3.8) is 0 Å². The SMILES string of the molecule is COc1cc(OCCC(C)CCCC(C)C)ccc1CCC(N)(CO)CC1CC1. The summed E-state index contributed by atoms with van der Waals surface area (Å²) in [6.45, 7) is 7.67. The summed E-state index contributed by atoms with van der Waals surface area (Å²) in [6, 6.07) is 6.09. The maximum atomic E-state index is 9.76. The Kier molecular flexibility index (Phi) is 9.78. The highest BCUT2D eigenvalue weighted by atomic mass is 16.5. The van der Waals surface area contributed by atoms with Crippen molar-refractivity contribution in [2.24, 2.45) is 23.5 Å². The number of aryl methyl sites for hydroxylation is 1. The number of ether oxygens (including phenoxy) is 2. The Bertz CT molecular complexity index is 600. The highest BCUT2D eigenvalue weighted by molar-refractivity contribution is 5.41. The first-order valence-electron chi connectivity index (χ1n) is 11.5. The van der Waals surface area contributed by atoms with Crippen molar-refractivity contribution in [1.29, 1.82) is 0 Å². The number of aliphatic hydroxyl groups excluding tert-OH is 1. The molecule has 0 aromatic heterocycles. The van der Waals surface area contributed by atoms with Gasteiger partial charge in [0.15, 0.2) is 0 Å². The van der Waals surface area contributed by atoms with E-state index in [0.29, 0.717) is 11.8 Å². The largest absolute Gasteiger partial charge is 0.496 e. The van der Waals surface area contributed by atoms with Crippen LogP contribution in [0.3, 0.4) is 0 Å². The number of hydrogen-bond donors (Lipinski definition) is 2. The van der Waals surface area contributed by atoms with Gasteiger partial charge in [-0.2, -0.15) is 0 Å². The van der Waals surface area contributed by atoms with Gasteiger partial charge in [-0.15, -0.1) is 0 Å². The Morgan fingerprint density at radius 2 is 1.93 bits per heavy atom. The maximum Gasteiger partial charge on any atom is 0.125 e. The van der Waals surface area contributed by atoms with Crippen molar-refractivity contribution in [2.45, 2.75) is 84.1 Å². The van der Waals surface area contributed by atoms with E-state index in [4.69, 9.17) is 15.2 Å². The van der Waals surface area contributed by atoms with Crippen LogP contribution in [0.1, 0.15) is 77.7 Å². The van der Waals surface area contributed by atoms with Crippen molar-refractivity contribution >= 4 is 0 Å². The van der Waals surface area contributed by atoms with E-state index in [2.05, 4.69) is 26.8 Å². The van der Waals surface area contributed by atoms with Crippen molar-refractivity contribution in [2.75, 3.05) is 20.3 Å². The van der Waals surface area contributed by atoms with Gasteiger partial charge in [0.2, 0.25) is 0 Å². The predicted octanol–water partition coefficient (Wildman–Crippen LogP) is 5.35. The van der Waals surface area contributed by atoms with Crippen LogP contribution < -0.4 is 15.2 Å². The molecule has 1 aliphatic carbocycles. The molecule has 1 saturated carbocycles. The van der Waals surface area contributed by atoms with E-state index in [1.54, 1.807) is 7.11 Å². The molecule has 2 rings (SSSR count). The minimum atomic E-state index is -0.479. The van der Waals surface area contributed by atoms with Crippen LogP contribution in [-0.4, -0.2) is 31.0 Å². The monoisotopic (exact) mass is 405 g/mol. The van der Waals surface area contributed by atoms with Crippen molar-refractivity contribution < 1.29 is 14.6 Å². The molecular weight excluding hydrogens is 362 g/mol. The molecular formula is C25H43NO3. The second-order valence-electron chi connectivity index (χ2n) is 9.71. The predicted molar refractivity (Wildman–Crippen MR) is 121 cm³/mol. The molecule has 1 aromatic rings. The standard InChI is InChI=1S/C25H43NO3/c1-19(2)6-5-7-20(3)13-15-29-23-11-10-22(24(16-23)28-4)12-14-25(26,18-27)17-21-8-9-21/h10-11,16,19-21,27H,5-9,12-15,17-18,26H2,1-4H3. The summed E-state index contributed by atoms with van der Waals surface area (Å²) in [4.78, 5) is 0. The smallest absolute Gasteiger partial charge is 0.125 e. The molecule has 4 heteroatoms. The molecule has 2 unspecified atom stereocenters. The summed E-state index contributed by atoms with van der Waals surface area (Å²) in [5, 5.41) is 9.76. The fourth-order valence-electron chi connectivity index (χ4n) is 3.94. The average Bonchev–Trinajstić information content (AvgIpc) is 3.50. The molecule has 0 heterocycles. The summed E-state index contributed by atoms with van der Waals surface area (Å²) in [5.41, 5.74) is 7.08. The van der Waals surface area contributed by atoms with Crippen LogP contribution in [0.4, 0.5) is 0 Å². The third kappa shape index (κ3) is 8.96. The lowest BCUT2D eigenvalue weighted by Gasteiger charge is -2.27. The van der Waals surface area contributed by atoms with Crippen LogP contribution in [0.5, 0.6) is 11.5 Å². The number of methoxy groups -OCH3 is 1. The van der Waals surface area contributed by atoms with Gasteiger partial charge in [-0.05, 0) is 55.1 Å². The molecule has 1 fully saturated rings. The lowest BCUT2D eigenvalue weighted by atomic mass is 9.87. The molecule has 0 radical (unpaired) electrons. The molecule has 0 aliphatic heterocycles. The fourth-order valence-corrected chi connectivity index (χ4v) is 3.94. The minimum absolute atomic E-state index is 0.0440. The number of rotatable bonds is 15. The number of aliphatic hydroxyl groups is 1. The van der Waals surface area contributed by atoms with Gasteiger partial charge in [0.25, 0.3) is 0 Å².